The third-order valence-electron chi connectivity index (χ3n) is 3.02. The van der Waals surface area contributed by atoms with Crippen LogP contribution >= 0.6 is 11.8 Å². The van der Waals surface area contributed by atoms with Crippen LogP contribution in [-0.2, 0) is 6.54 Å². The van der Waals surface area contributed by atoms with Crippen LogP contribution in [0.1, 0.15) is 45.0 Å². The van der Waals surface area contributed by atoms with Crippen molar-refractivity contribution in [2.75, 3.05) is 5.75 Å². The fraction of sp³-hybridized carbons (Fsp3) is 0.818. The Hall–Kier alpha value is -0.550. The van der Waals surface area contributed by atoms with Gasteiger partial charge in [-0.2, -0.15) is 0 Å². The minimum atomic E-state index is 0.493. The van der Waals surface area contributed by atoms with E-state index < -0.39 is 0 Å². The van der Waals surface area contributed by atoms with Gasteiger partial charge in [-0.3, -0.25) is 0 Å². The Kier molecular flexibility index (Phi) is 3.86. The summed E-state index contributed by atoms with van der Waals surface area (Å²) in [6, 6.07) is 0.619. The zero-order valence-electron chi connectivity index (χ0n) is 10.0. The number of rotatable bonds is 6. The minimum Gasteiger partial charge on any atom is -0.324 e. The number of thioether (sulfide) groups is 1. The van der Waals surface area contributed by atoms with Gasteiger partial charge in [-0.25, -0.2) is 0 Å². The van der Waals surface area contributed by atoms with Gasteiger partial charge in [0.15, 0.2) is 5.16 Å². The fourth-order valence-corrected chi connectivity index (χ4v) is 2.74. The van der Waals surface area contributed by atoms with Crippen LogP contribution in [0.15, 0.2) is 5.16 Å². The van der Waals surface area contributed by atoms with Gasteiger partial charge >= 0.3 is 0 Å². The maximum Gasteiger partial charge on any atom is 0.191 e. The average molecular weight is 240 g/mol. The molecule has 1 aliphatic rings. The molecule has 16 heavy (non-hydrogen) atoms. The van der Waals surface area contributed by atoms with Crippen LogP contribution in [0, 0.1) is 5.92 Å². The molecule has 1 aliphatic carbocycles. The maximum atomic E-state index is 5.68. The second kappa shape index (κ2) is 5.19. The van der Waals surface area contributed by atoms with Gasteiger partial charge in [0.2, 0.25) is 0 Å². The van der Waals surface area contributed by atoms with E-state index in [4.69, 9.17) is 5.73 Å². The molecule has 1 aromatic rings. The summed E-state index contributed by atoms with van der Waals surface area (Å²) in [6.07, 6.45) is 3.72. The molecule has 0 aliphatic heterocycles. The summed E-state index contributed by atoms with van der Waals surface area (Å²) in [6.45, 7) is 4.99. The number of nitrogens with zero attached hydrogens (tertiary/aromatic N) is 3. The lowest BCUT2D eigenvalue weighted by Crippen LogP contribution is -2.08. The van der Waals surface area contributed by atoms with E-state index in [-0.39, 0.29) is 0 Å². The predicted molar refractivity (Wildman–Crippen MR) is 66.4 cm³/mol. The molecule has 0 radical (unpaired) electrons. The van der Waals surface area contributed by atoms with Gasteiger partial charge in [0.1, 0.15) is 5.82 Å². The van der Waals surface area contributed by atoms with Crippen LogP contribution in [0.25, 0.3) is 0 Å². The average Bonchev–Trinajstić information content (AvgIpc) is 3.06. The van der Waals surface area contributed by atoms with Gasteiger partial charge in [0.05, 0.1) is 6.54 Å². The number of hydrogen-bond donors (Lipinski definition) is 1. The maximum absolute atomic E-state index is 5.68. The van der Waals surface area contributed by atoms with Gasteiger partial charge in [-0.1, -0.05) is 32.0 Å². The lowest BCUT2D eigenvalue weighted by molar-refractivity contribution is 0.615. The minimum absolute atomic E-state index is 0.493. The van der Waals surface area contributed by atoms with Crippen molar-refractivity contribution in [3.05, 3.63) is 5.82 Å². The Labute approximate surface area is 101 Å². The zero-order chi connectivity index (χ0) is 11.5. The van der Waals surface area contributed by atoms with Crippen LogP contribution in [0.4, 0.5) is 0 Å². The highest BCUT2D eigenvalue weighted by atomic mass is 32.2. The lowest BCUT2D eigenvalue weighted by Gasteiger charge is -2.09. The lowest BCUT2D eigenvalue weighted by atomic mass is 10.2. The molecule has 2 rings (SSSR count). The Morgan fingerprint density at radius 3 is 2.81 bits per heavy atom. The standard InChI is InChI=1S/C11H20N4S/c1-3-8(2)7-16-11-14-13-10(6-12)15(11)9-4-5-9/h8-9H,3-7,12H2,1-2H3. The molecule has 4 nitrogen and oxygen atoms in total. The van der Waals surface area contributed by atoms with Gasteiger partial charge in [0, 0.05) is 11.8 Å². The van der Waals surface area contributed by atoms with E-state index in [9.17, 15) is 0 Å². The summed E-state index contributed by atoms with van der Waals surface area (Å²) in [5.74, 6) is 2.79. The summed E-state index contributed by atoms with van der Waals surface area (Å²) < 4.78 is 2.24. The summed E-state index contributed by atoms with van der Waals surface area (Å²) in [4.78, 5) is 0. The number of hydrogen-bond acceptors (Lipinski definition) is 4. The Balaban J connectivity index is 2.05. The second-order valence-electron chi connectivity index (χ2n) is 4.53. The molecule has 0 saturated heterocycles. The van der Waals surface area contributed by atoms with E-state index in [0.717, 1.165) is 22.7 Å². The van der Waals surface area contributed by atoms with E-state index in [0.29, 0.717) is 12.6 Å². The monoisotopic (exact) mass is 240 g/mol. The molecule has 1 atom stereocenters. The predicted octanol–water partition coefficient (Wildman–Crippen LogP) is 2.21. The van der Waals surface area contributed by atoms with Gasteiger partial charge in [-0.05, 0) is 18.8 Å². The highest BCUT2D eigenvalue weighted by Crippen LogP contribution is 2.38. The highest BCUT2D eigenvalue weighted by molar-refractivity contribution is 7.99. The molecule has 0 bridgehead atoms. The van der Waals surface area contributed by atoms with E-state index in [2.05, 4.69) is 28.6 Å². The second-order valence-corrected chi connectivity index (χ2v) is 5.52. The molecule has 90 valence electrons. The molecule has 1 unspecified atom stereocenters. The van der Waals surface area contributed by atoms with Crippen LogP contribution in [0.2, 0.25) is 0 Å². The molecule has 1 saturated carbocycles. The van der Waals surface area contributed by atoms with Crippen molar-refractivity contribution in [3.8, 4) is 0 Å². The van der Waals surface area contributed by atoms with E-state index >= 15 is 0 Å². The molecule has 0 amide bonds. The quantitative estimate of drug-likeness (QED) is 0.775. The third-order valence-corrected chi connectivity index (χ3v) is 4.30. The van der Waals surface area contributed by atoms with Crippen molar-refractivity contribution >= 4 is 11.8 Å². The van der Waals surface area contributed by atoms with Crippen molar-refractivity contribution in [1.29, 1.82) is 0 Å². The van der Waals surface area contributed by atoms with Crippen LogP contribution in [0.5, 0.6) is 0 Å². The first-order valence-corrected chi connectivity index (χ1v) is 7.01. The van der Waals surface area contributed by atoms with Crippen molar-refractivity contribution < 1.29 is 0 Å². The van der Waals surface area contributed by atoms with Gasteiger partial charge in [-0.15, -0.1) is 10.2 Å². The van der Waals surface area contributed by atoms with Crippen molar-refractivity contribution in [1.82, 2.24) is 14.8 Å². The summed E-state index contributed by atoms with van der Waals surface area (Å²) in [5, 5.41) is 9.48. The molecule has 1 heterocycles. The Morgan fingerprint density at radius 2 is 2.25 bits per heavy atom. The van der Waals surface area contributed by atoms with E-state index in [1.807, 2.05) is 11.8 Å². The number of aromatic nitrogens is 3. The third kappa shape index (κ3) is 2.58. The molecule has 0 aromatic carbocycles. The first-order valence-electron chi connectivity index (χ1n) is 6.02. The summed E-state index contributed by atoms with van der Waals surface area (Å²) >= 11 is 1.82. The fourth-order valence-electron chi connectivity index (χ4n) is 1.58. The smallest absolute Gasteiger partial charge is 0.191 e. The Bertz CT molecular complexity index is 346. The van der Waals surface area contributed by atoms with Gasteiger partial charge in [0.25, 0.3) is 0 Å². The topological polar surface area (TPSA) is 56.7 Å². The van der Waals surface area contributed by atoms with Crippen LogP contribution in [0.3, 0.4) is 0 Å². The Morgan fingerprint density at radius 1 is 1.50 bits per heavy atom. The molecule has 0 spiro atoms. The molecule has 2 N–H and O–H groups in total. The van der Waals surface area contributed by atoms with E-state index in [1.165, 1.54) is 19.3 Å². The van der Waals surface area contributed by atoms with Crippen molar-refractivity contribution in [3.63, 3.8) is 0 Å². The van der Waals surface area contributed by atoms with Crippen molar-refractivity contribution in [2.24, 2.45) is 11.7 Å². The molecule has 1 fully saturated rings. The number of nitrogens with two attached hydrogens (primary N) is 1. The largest absolute Gasteiger partial charge is 0.324 e. The molecule has 5 heteroatoms. The first-order chi connectivity index (χ1) is 7.76. The first kappa shape index (κ1) is 11.9. The molecular weight excluding hydrogens is 220 g/mol. The molecular formula is C11H20N4S. The van der Waals surface area contributed by atoms with Crippen molar-refractivity contribution in [2.45, 2.75) is 50.9 Å². The van der Waals surface area contributed by atoms with Crippen LogP contribution < -0.4 is 5.73 Å². The van der Waals surface area contributed by atoms with E-state index in [1.54, 1.807) is 0 Å². The summed E-state index contributed by atoms with van der Waals surface area (Å²) in [7, 11) is 0. The molecule has 1 aromatic heterocycles. The van der Waals surface area contributed by atoms with Crippen LogP contribution in [-0.4, -0.2) is 20.5 Å². The normalized spacial score (nSPS) is 17.7. The summed E-state index contributed by atoms with van der Waals surface area (Å²) in [5.41, 5.74) is 5.68. The zero-order valence-corrected chi connectivity index (χ0v) is 10.8. The highest BCUT2D eigenvalue weighted by Gasteiger charge is 2.29. The van der Waals surface area contributed by atoms with Gasteiger partial charge < -0.3 is 10.3 Å². The SMILES string of the molecule is CCC(C)CSc1nnc(CN)n1C1CC1.